The summed E-state index contributed by atoms with van der Waals surface area (Å²) >= 11 is 1.56. The minimum absolute atomic E-state index is 0.0179. The van der Waals surface area contributed by atoms with Gasteiger partial charge in [-0.15, -0.1) is 0 Å². The first kappa shape index (κ1) is 16.6. The Bertz CT molecular complexity index is 976. The van der Waals surface area contributed by atoms with Gasteiger partial charge >= 0.3 is 0 Å². The molecule has 1 unspecified atom stereocenters. The van der Waals surface area contributed by atoms with E-state index in [0.717, 1.165) is 30.1 Å². The number of benzene rings is 2. The van der Waals surface area contributed by atoms with Crippen LogP contribution in [0.15, 0.2) is 82.5 Å². The van der Waals surface area contributed by atoms with Gasteiger partial charge in [-0.25, -0.2) is 4.99 Å². The summed E-state index contributed by atoms with van der Waals surface area (Å²) in [5.74, 6) is 0.652. The highest BCUT2D eigenvalue weighted by molar-refractivity contribution is 8.15. The number of hydrogen-bond donors (Lipinski definition) is 0. The number of allylic oxidation sites excluding steroid dienone is 1. The van der Waals surface area contributed by atoms with Crippen molar-refractivity contribution in [3.8, 4) is 0 Å². The lowest BCUT2D eigenvalue weighted by Gasteiger charge is -2.37. The third kappa shape index (κ3) is 2.94. The van der Waals surface area contributed by atoms with E-state index in [2.05, 4.69) is 54.6 Å². The van der Waals surface area contributed by atoms with Crippen molar-refractivity contribution < 1.29 is 4.79 Å². The van der Waals surface area contributed by atoms with Gasteiger partial charge < -0.3 is 0 Å². The third-order valence-electron chi connectivity index (χ3n) is 5.35. The lowest BCUT2D eigenvalue weighted by atomic mass is 9.83. The average molecular weight is 372 g/mol. The molecular weight excluding hydrogens is 352 g/mol. The van der Waals surface area contributed by atoms with Crippen molar-refractivity contribution in [3.63, 3.8) is 0 Å². The summed E-state index contributed by atoms with van der Waals surface area (Å²) in [6.45, 7) is 0. The van der Waals surface area contributed by atoms with Crippen LogP contribution in [0.1, 0.15) is 36.4 Å². The van der Waals surface area contributed by atoms with Gasteiger partial charge in [-0.2, -0.15) is 0 Å². The number of fused-ring (bicyclic) bond motifs is 1. The van der Waals surface area contributed by atoms with Gasteiger partial charge in [0.15, 0.2) is 5.17 Å². The van der Waals surface area contributed by atoms with Crippen LogP contribution in [0.4, 0.5) is 0 Å². The largest absolute Gasteiger partial charge is 0.279 e. The highest BCUT2D eigenvalue weighted by atomic mass is 32.2. The fourth-order valence-corrected chi connectivity index (χ4v) is 5.06. The van der Waals surface area contributed by atoms with Crippen LogP contribution in [0.5, 0.6) is 0 Å². The third-order valence-corrected chi connectivity index (χ3v) is 6.29. The molecule has 0 saturated carbocycles. The van der Waals surface area contributed by atoms with Crippen LogP contribution < -0.4 is 0 Å². The van der Waals surface area contributed by atoms with Crippen LogP contribution >= 0.6 is 11.8 Å². The molecule has 3 nitrogen and oxygen atoms in total. The van der Waals surface area contributed by atoms with Gasteiger partial charge in [0.2, 0.25) is 5.91 Å². The first-order valence-electron chi connectivity index (χ1n) is 9.39. The molecule has 1 saturated heterocycles. The fourth-order valence-electron chi connectivity index (χ4n) is 4.16. The summed E-state index contributed by atoms with van der Waals surface area (Å²) in [6, 6.07) is 20.8. The van der Waals surface area contributed by atoms with E-state index in [1.165, 1.54) is 22.3 Å². The molecule has 27 heavy (non-hydrogen) atoms. The molecule has 2 aromatic carbocycles. The van der Waals surface area contributed by atoms with Crippen LogP contribution in [0, 0.1) is 0 Å². The molecule has 2 aromatic rings. The molecule has 0 spiro atoms. The van der Waals surface area contributed by atoms with Crippen LogP contribution in [0.3, 0.4) is 0 Å². The molecule has 0 aromatic heterocycles. The predicted octanol–water partition coefficient (Wildman–Crippen LogP) is 5.19. The van der Waals surface area contributed by atoms with Gasteiger partial charge in [0, 0.05) is 0 Å². The van der Waals surface area contributed by atoms with Crippen molar-refractivity contribution in [3.05, 3.63) is 88.6 Å². The molecule has 1 amide bonds. The quantitative estimate of drug-likeness (QED) is 0.726. The van der Waals surface area contributed by atoms with E-state index in [1.54, 1.807) is 11.8 Å². The van der Waals surface area contributed by atoms with E-state index in [1.807, 2.05) is 17.0 Å². The number of aliphatic imine (C=N–C) groups is 1. The molecular formula is C23H20N2OS. The number of thioether (sulfide) groups is 1. The zero-order chi connectivity index (χ0) is 18.2. The molecule has 0 bridgehead atoms. The minimum Gasteiger partial charge on any atom is -0.279 e. The number of carbonyl (C=O) groups excluding carboxylic acids is 1. The normalized spacial score (nSPS) is 23.3. The van der Waals surface area contributed by atoms with E-state index in [0.29, 0.717) is 5.75 Å². The van der Waals surface area contributed by atoms with Crippen molar-refractivity contribution in [2.45, 2.75) is 25.3 Å². The Morgan fingerprint density at radius 3 is 2.52 bits per heavy atom. The smallest absolute Gasteiger partial charge is 0.239 e. The van der Waals surface area contributed by atoms with Crippen molar-refractivity contribution >= 4 is 28.9 Å². The summed E-state index contributed by atoms with van der Waals surface area (Å²) in [6.07, 6.45) is 5.38. The number of carbonyl (C=O) groups is 1. The molecule has 1 atom stereocenters. The van der Waals surface area contributed by atoms with Crippen molar-refractivity contribution in [2.75, 3.05) is 5.75 Å². The Kier molecular flexibility index (Phi) is 4.21. The first-order valence-corrected chi connectivity index (χ1v) is 10.4. The van der Waals surface area contributed by atoms with Gasteiger partial charge in [0.1, 0.15) is 0 Å². The Morgan fingerprint density at radius 2 is 1.74 bits per heavy atom. The monoisotopic (exact) mass is 372 g/mol. The highest BCUT2D eigenvalue weighted by Gasteiger charge is 2.42. The predicted molar refractivity (Wildman–Crippen MR) is 111 cm³/mol. The molecule has 0 radical (unpaired) electrons. The standard InChI is InChI=1S/C23H20N2OS/c26-20-15-27-23-24-21-18(14-16-8-3-1-4-9-16)12-7-13-19(21)22(25(20)23)17-10-5-2-6-11-17/h1-6,8-11,14,22H,7,12-13,15H2/b18-14-. The van der Waals surface area contributed by atoms with E-state index >= 15 is 0 Å². The van der Waals surface area contributed by atoms with Crippen molar-refractivity contribution in [2.24, 2.45) is 4.99 Å². The van der Waals surface area contributed by atoms with E-state index in [-0.39, 0.29) is 11.9 Å². The Balaban J connectivity index is 1.66. The van der Waals surface area contributed by atoms with Gasteiger partial charge in [-0.3, -0.25) is 9.69 Å². The maximum atomic E-state index is 12.6. The number of rotatable bonds is 2. The van der Waals surface area contributed by atoms with Crippen molar-refractivity contribution in [1.82, 2.24) is 4.90 Å². The molecule has 4 heteroatoms. The maximum absolute atomic E-state index is 12.6. The number of amidine groups is 1. The van der Waals surface area contributed by atoms with Crippen LogP contribution in [0.2, 0.25) is 0 Å². The summed E-state index contributed by atoms with van der Waals surface area (Å²) in [5.41, 5.74) is 6.06. The van der Waals surface area contributed by atoms with E-state index in [4.69, 9.17) is 4.99 Å². The molecule has 1 aliphatic carbocycles. The van der Waals surface area contributed by atoms with Gasteiger partial charge in [0.25, 0.3) is 0 Å². The summed E-state index contributed by atoms with van der Waals surface area (Å²) in [7, 11) is 0. The van der Waals surface area contributed by atoms with E-state index < -0.39 is 0 Å². The van der Waals surface area contributed by atoms with Gasteiger partial charge in [-0.05, 0) is 47.6 Å². The van der Waals surface area contributed by atoms with Gasteiger partial charge in [0.05, 0.1) is 17.5 Å². The molecule has 1 fully saturated rings. The number of nitrogens with zero attached hydrogens (tertiary/aromatic N) is 2. The van der Waals surface area contributed by atoms with Gasteiger partial charge in [-0.1, -0.05) is 72.4 Å². The summed E-state index contributed by atoms with van der Waals surface area (Å²) in [4.78, 5) is 19.5. The molecule has 2 heterocycles. The van der Waals surface area contributed by atoms with Crippen LogP contribution in [-0.2, 0) is 4.79 Å². The van der Waals surface area contributed by atoms with Crippen molar-refractivity contribution in [1.29, 1.82) is 0 Å². The topological polar surface area (TPSA) is 32.7 Å². The summed E-state index contributed by atoms with van der Waals surface area (Å²) in [5, 5.41) is 0.855. The second kappa shape index (κ2) is 6.86. The molecule has 2 aliphatic heterocycles. The lowest BCUT2D eigenvalue weighted by Crippen LogP contribution is -2.38. The van der Waals surface area contributed by atoms with Crippen LogP contribution in [0.25, 0.3) is 6.08 Å². The Labute approximate surface area is 163 Å². The highest BCUT2D eigenvalue weighted by Crippen LogP contribution is 2.47. The maximum Gasteiger partial charge on any atom is 0.239 e. The minimum atomic E-state index is -0.0179. The SMILES string of the molecule is O=C1CSC2=NC3=C(CCC/C3=C/c3ccccc3)C(c3ccccc3)N12. The zero-order valence-electron chi connectivity index (χ0n) is 15.0. The molecule has 5 rings (SSSR count). The average Bonchev–Trinajstić information content (AvgIpc) is 3.09. The molecule has 3 aliphatic rings. The van der Waals surface area contributed by atoms with E-state index in [9.17, 15) is 4.79 Å². The summed E-state index contributed by atoms with van der Waals surface area (Å²) < 4.78 is 0. The molecule has 0 N–H and O–H groups in total. The van der Waals surface area contributed by atoms with Crippen LogP contribution in [-0.4, -0.2) is 21.7 Å². The Morgan fingerprint density at radius 1 is 1.00 bits per heavy atom. The number of amides is 1. The number of hydrogen-bond acceptors (Lipinski definition) is 3. The Hall–Kier alpha value is -2.59. The zero-order valence-corrected chi connectivity index (χ0v) is 15.8. The second-order valence-electron chi connectivity index (χ2n) is 7.07. The first-order chi connectivity index (χ1) is 13.3. The second-order valence-corrected chi connectivity index (χ2v) is 8.01. The lowest BCUT2D eigenvalue weighted by molar-refractivity contribution is -0.125. The fraction of sp³-hybridized carbons (Fsp3) is 0.217. The molecule has 134 valence electrons.